The van der Waals surface area contributed by atoms with Crippen molar-refractivity contribution in [1.82, 2.24) is 10.3 Å². The lowest BCUT2D eigenvalue weighted by molar-refractivity contribution is -0.116. The second kappa shape index (κ2) is 10.4. The molecule has 0 saturated heterocycles. The number of nitrogens with one attached hydrogen (secondary N) is 1. The number of rotatable bonds is 7. The van der Waals surface area contributed by atoms with Gasteiger partial charge in [-0.3, -0.25) is 14.6 Å². The van der Waals surface area contributed by atoms with E-state index in [1.165, 1.54) is 18.0 Å². The van der Waals surface area contributed by atoms with Crippen molar-refractivity contribution in [1.29, 1.82) is 5.26 Å². The van der Waals surface area contributed by atoms with Gasteiger partial charge in [0, 0.05) is 31.8 Å². The second-order valence-corrected chi connectivity index (χ2v) is 7.25. The average Bonchev–Trinajstić information content (AvgIpc) is 2.79. The van der Waals surface area contributed by atoms with Crippen LogP contribution in [-0.2, 0) is 11.3 Å². The SMILES string of the molecule is CC(=O)N(CCC#N)c1ccc(-c2ccc(C(=O)NCc3ccccc3)cn2)cc1Cl. The molecule has 6 nitrogen and oxygen atoms in total. The van der Waals surface area contributed by atoms with E-state index >= 15 is 0 Å². The van der Waals surface area contributed by atoms with Crippen LogP contribution in [0, 0.1) is 11.3 Å². The molecule has 0 radical (unpaired) electrons. The summed E-state index contributed by atoms with van der Waals surface area (Å²) < 4.78 is 0. The number of carbonyl (C=O) groups excluding carboxylic acids is 2. The molecule has 0 saturated carbocycles. The number of aromatic nitrogens is 1. The molecule has 7 heteroatoms. The largest absolute Gasteiger partial charge is 0.348 e. The predicted molar refractivity (Wildman–Crippen MR) is 121 cm³/mol. The van der Waals surface area contributed by atoms with Crippen molar-refractivity contribution in [3.05, 3.63) is 83.0 Å². The Morgan fingerprint density at radius 1 is 1.13 bits per heavy atom. The molecule has 1 aromatic heterocycles. The van der Waals surface area contributed by atoms with Crippen molar-refractivity contribution in [2.24, 2.45) is 0 Å². The van der Waals surface area contributed by atoms with Crippen LogP contribution in [0.4, 0.5) is 5.69 Å². The zero-order chi connectivity index (χ0) is 22.2. The first-order valence-corrected chi connectivity index (χ1v) is 10.1. The number of pyridine rings is 1. The number of hydrogen-bond acceptors (Lipinski definition) is 4. The highest BCUT2D eigenvalue weighted by atomic mass is 35.5. The van der Waals surface area contributed by atoms with Crippen LogP contribution in [0.5, 0.6) is 0 Å². The van der Waals surface area contributed by atoms with Crippen LogP contribution in [-0.4, -0.2) is 23.3 Å². The fraction of sp³-hybridized carbons (Fsp3) is 0.167. The van der Waals surface area contributed by atoms with Crippen molar-refractivity contribution < 1.29 is 9.59 Å². The molecule has 3 rings (SSSR count). The van der Waals surface area contributed by atoms with Crippen LogP contribution < -0.4 is 10.2 Å². The number of amides is 2. The number of nitriles is 1. The highest BCUT2D eigenvalue weighted by Gasteiger charge is 2.15. The van der Waals surface area contributed by atoms with Gasteiger partial charge in [-0.25, -0.2) is 0 Å². The van der Waals surface area contributed by atoms with Gasteiger partial charge < -0.3 is 10.2 Å². The van der Waals surface area contributed by atoms with E-state index in [-0.39, 0.29) is 24.8 Å². The second-order valence-electron chi connectivity index (χ2n) is 6.85. The Bertz CT molecular complexity index is 1110. The molecule has 0 aliphatic carbocycles. The highest BCUT2D eigenvalue weighted by molar-refractivity contribution is 6.34. The van der Waals surface area contributed by atoms with Crippen molar-refractivity contribution in [2.75, 3.05) is 11.4 Å². The first-order valence-electron chi connectivity index (χ1n) is 9.72. The van der Waals surface area contributed by atoms with Gasteiger partial charge in [-0.05, 0) is 29.8 Å². The topological polar surface area (TPSA) is 86.1 Å². The maximum absolute atomic E-state index is 12.4. The number of halogens is 1. The van der Waals surface area contributed by atoms with E-state index in [0.717, 1.165) is 11.1 Å². The summed E-state index contributed by atoms with van der Waals surface area (Å²) in [5.74, 6) is -0.389. The quantitative estimate of drug-likeness (QED) is 0.591. The fourth-order valence-electron chi connectivity index (χ4n) is 3.07. The molecule has 0 atom stereocenters. The number of carbonyl (C=O) groups is 2. The summed E-state index contributed by atoms with van der Waals surface area (Å²) in [5, 5.41) is 12.1. The Balaban J connectivity index is 1.72. The molecule has 2 aromatic carbocycles. The smallest absolute Gasteiger partial charge is 0.253 e. The van der Waals surface area contributed by atoms with Crippen LogP contribution in [0.1, 0.15) is 29.3 Å². The van der Waals surface area contributed by atoms with Gasteiger partial charge >= 0.3 is 0 Å². The van der Waals surface area contributed by atoms with Crippen LogP contribution in [0.2, 0.25) is 5.02 Å². The van der Waals surface area contributed by atoms with Gasteiger partial charge in [-0.1, -0.05) is 48.0 Å². The molecule has 3 aromatic rings. The first-order chi connectivity index (χ1) is 15.0. The zero-order valence-corrected chi connectivity index (χ0v) is 17.8. The van der Waals surface area contributed by atoms with Gasteiger partial charge in [0.25, 0.3) is 5.91 Å². The highest BCUT2D eigenvalue weighted by Crippen LogP contribution is 2.31. The van der Waals surface area contributed by atoms with Gasteiger partial charge in [0.2, 0.25) is 5.91 Å². The van der Waals surface area contributed by atoms with E-state index in [2.05, 4.69) is 10.3 Å². The van der Waals surface area contributed by atoms with E-state index in [9.17, 15) is 9.59 Å². The lowest BCUT2D eigenvalue weighted by Crippen LogP contribution is -2.29. The standard InChI is InChI=1S/C24H21ClN4O2/c1-17(30)29(13-5-12-26)23-11-9-19(14-21(23)25)22-10-8-20(16-27-22)24(31)28-15-18-6-3-2-4-7-18/h2-4,6-11,14,16H,5,13,15H2,1H3,(H,28,31). The fourth-order valence-corrected chi connectivity index (χ4v) is 3.36. The predicted octanol–water partition coefficient (Wildman–Crippen LogP) is 4.60. The van der Waals surface area contributed by atoms with E-state index in [1.807, 2.05) is 36.4 Å². The van der Waals surface area contributed by atoms with E-state index in [1.54, 1.807) is 30.3 Å². The monoisotopic (exact) mass is 432 g/mol. The number of benzene rings is 2. The molecule has 0 aliphatic rings. The average molecular weight is 433 g/mol. The van der Waals surface area contributed by atoms with Gasteiger partial charge in [-0.2, -0.15) is 5.26 Å². The molecular formula is C24H21ClN4O2. The third-order valence-electron chi connectivity index (χ3n) is 4.68. The summed E-state index contributed by atoms with van der Waals surface area (Å²) in [4.78, 5) is 30.1. The summed E-state index contributed by atoms with van der Waals surface area (Å²) in [6.45, 7) is 2.15. The molecule has 0 spiro atoms. The molecule has 1 N–H and O–H groups in total. The summed E-state index contributed by atoms with van der Waals surface area (Å²) in [5.41, 5.74) is 3.43. The Morgan fingerprint density at radius 3 is 2.52 bits per heavy atom. The van der Waals surface area contributed by atoms with Crippen LogP contribution in [0.3, 0.4) is 0 Å². The van der Waals surface area contributed by atoms with Crippen LogP contribution in [0.15, 0.2) is 66.9 Å². The molecule has 156 valence electrons. The summed E-state index contributed by atoms with van der Waals surface area (Å²) in [6, 6.07) is 20.4. The zero-order valence-electron chi connectivity index (χ0n) is 17.0. The summed E-state index contributed by atoms with van der Waals surface area (Å²) >= 11 is 6.41. The number of nitrogens with zero attached hydrogens (tertiary/aromatic N) is 3. The molecular weight excluding hydrogens is 412 g/mol. The third kappa shape index (κ3) is 5.68. The van der Waals surface area contributed by atoms with Crippen LogP contribution in [0.25, 0.3) is 11.3 Å². The van der Waals surface area contributed by atoms with Gasteiger partial charge in [0.15, 0.2) is 0 Å². The summed E-state index contributed by atoms with van der Waals surface area (Å²) in [7, 11) is 0. The van der Waals surface area contributed by atoms with Gasteiger partial charge in [0.1, 0.15) is 0 Å². The van der Waals surface area contributed by atoms with E-state index in [4.69, 9.17) is 16.9 Å². The maximum Gasteiger partial charge on any atom is 0.253 e. The Hall–Kier alpha value is -3.69. The molecule has 31 heavy (non-hydrogen) atoms. The molecule has 2 amide bonds. The Kier molecular flexibility index (Phi) is 7.36. The normalized spacial score (nSPS) is 10.2. The van der Waals surface area contributed by atoms with Crippen LogP contribution >= 0.6 is 11.6 Å². The molecule has 0 aliphatic heterocycles. The number of anilines is 1. The minimum Gasteiger partial charge on any atom is -0.348 e. The third-order valence-corrected chi connectivity index (χ3v) is 4.99. The molecule has 0 bridgehead atoms. The summed E-state index contributed by atoms with van der Waals surface area (Å²) in [6.07, 6.45) is 1.74. The van der Waals surface area contributed by atoms with Crippen molar-refractivity contribution in [3.8, 4) is 17.3 Å². The van der Waals surface area contributed by atoms with E-state index < -0.39 is 0 Å². The van der Waals surface area contributed by atoms with Gasteiger partial charge in [0.05, 0.1) is 34.5 Å². The van der Waals surface area contributed by atoms with Crippen molar-refractivity contribution in [3.63, 3.8) is 0 Å². The molecule has 0 unspecified atom stereocenters. The Labute approximate surface area is 186 Å². The maximum atomic E-state index is 12.4. The minimum absolute atomic E-state index is 0.186. The number of hydrogen-bond donors (Lipinski definition) is 1. The first kappa shape index (κ1) is 22.0. The van der Waals surface area contributed by atoms with Gasteiger partial charge in [-0.15, -0.1) is 0 Å². The molecule has 1 heterocycles. The van der Waals surface area contributed by atoms with E-state index in [0.29, 0.717) is 28.5 Å². The van der Waals surface area contributed by atoms with Crippen molar-refractivity contribution >= 4 is 29.1 Å². The Morgan fingerprint density at radius 2 is 1.90 bits per heavy atom. The minimum atomic E-state index is -0.203. The van der Waals surface area contributed by atoms with Crippen molar-refractivity contribution in [2.45, 2.75) is 19.9 Å². The molecule has 0 fully saturated rings. The lowest BCUT2D eigenvalue weighted by Gasteiger charge is -2.21. The lowest BCUT2D eigenvalue weighted by atomic mass is 10.1.